The molecule has 1 aliphatic heterocycles. The fourth-order valence-corrected chi connectivity index (χ4v) is 3.07. The van der Waals surface area contributed by atoms with Crippen molar-refractivity contribution in [1.82, 2.24) is 4.90 Å². The lowest BCUT2D eigenvalue weighted by atomic mass is 9.95. The van der Waals surface area contributed by atoms with E-state index in [2.05, 4.69) is 15.9 Å². The van der Waals surface area contributed by atoms with E-state index in [0.29, 0.717) is 23.0 Å². The van der Waals surface area contributed by atoms with Crippen molar-refractivity contribution >= 4 is 15.9 Å². The maximum absolute atomic E-state index is 13.1. The largest absolute Gasteiger partial charge is 0.416 e. The normalized spacial score (nSPS) is 24.9. The van der Waals surface area contributed by atoms with Gasteiger partial charge in [0.25, 0.3) is 0 Å². The van der Waals surface area contributed by atoms with E-state index >= 15 is 0 Å². The highest BCUT2D eigenvalue weighted by Crippen LogP contribution is 2.41. The van der Waals surface area contributed by atoms with Gasteiger partial charge in [0.2, 0.25) is 0 Å². The minimum Gasteiger partial charge on any atom is -0.330 e. The van der Waals surface area contributed by atoms with Gasteiger partial charge in [-0.05, 0) is 43.6 Å². The first kappa shape index (κ1) is 14.8. The van der Waals surface area contributed by atoms with Crippen molar-refractivity contribution in [2.24, 2.45) is 11.7 Å². The van der Waals surface area contributed by atoms with Gasteiger partial charge in [-0.1, -0.05) is 22.0 Å². The monoisotopic (exact) mass is 336 g/mol. The van der Waals surface area contributed by atoms with E-state index < -0.39 is 11.7 Å². The standard InChI is InChI=1S/C13H16BrF3N2/c1-19-7-8(6-18)4-12(19)10-3-2-9(14)5-11(10)13(15,16)17/h2-3,5,8,12H,4,6-7,18H2,1H3. The third-order valence-electron chi connectivity index (χ3n) is 3.65. The van der Waals surface area contributed by atoms with E-state index in [9.17, 15) is 13.2 Å². The Bertz CT molecular complexity index is 462. The smallest absolute Gasteiger partial charge is 0.330 e. The van der Waals surface area contributed by atoms with Crippen molar-refractivity contribution in [2.45, 2.75) is 18.6 Å². The lowest BCUT2D eigenvalue weighted by Gasteiger charge is -2.23. The zero-order valence-corrected chi connectivity index (χ0v) is 12.1. The Morgan fingerprint density at radius 1 is 1.42 bits per heavy atom. The summed E-state index contributed by atoms with van der Waals surface area (Å²) >= 11 is 3.10. The van der Waals surface area contributed by atoms with E-state index in [0.717, 1.165) is 12.6 Å². The second-order valence-electron chi connectivity index (χ2n) is 5.02. The molecule has 0 radical (unpaired) electrons. The second-order valence-corrected chi connectivity index (χ2v) is 5.94. The zero-order valence-electron chi connectivity index (χ0n) is 10.5. The molecule has 1 saturated heterocycles. The molecule has 2 N–H and O–H groups in total. The molecule has 1 aliphatic rings. The number of benzene rings is 1. The van der Waals surface area contributed by atoms with Crippen LogP contribution in [-0.2, 0) is 6.18 Å². The highest BCUT2D eigenvalue weighted by Gasteiger charge is 2.39. The zero-order chi connectivity index (χ0) is 14.2. The Morgan fingerprint density at radius 2 is 2.11 bits per heavy atom. The average molecular weight is 337 g/mol. The fraction of sp³-hybridized carbons (Fsp3) is 0.538. The van der Waals surface area contributed by atoms with Crippen molar-refractivity contribution in [3.8, 4) is 0 Å². The number of halogens is 4. The molecule has 106 valence electrons. The quantitative estimate of drug-likeness (QED) is 0.896. The molecule has 0 saturated carbocycles. The van der Waals surface area contributed by atoms with Gasteiger partial charge in [-0.3, -0.25) is 4.90 Å². The fourth-order valence-electron chi connectivity index (χ4n) is 2.70. The minimum atomic E-state index is -4.33. The highest BCUT2D eigenvalue weighted by atomic mass is 79.9. The highest BCUT2D eigenvalue weighted by molar-refractivity contribution is 9.10. The number of rotatable bonds is 2. The molecule has 1 fully saturated rings. The summed E-state index contributed by atoms with van der Waals surface area (Å²) in [5.41, 5.74) is 5.41. The Hall–Kier alpha value is -0.590. The molecule has 0 amide bonds. The van der Waals surface area contributed by atoms with Crippen molar-refractivity contribution in [2.75, 3.05) is 20.1 Å². The SMILES string of the molecule is CN1CC(CN)CC1c1ccc(Br)cc1C(F)(F)F. The minimum absolute atomic E-state index is 0.210. The Balaban J connectivity index is 2.40. The Kier molecular flexibility index (Phi) is 4.23. The third-order valence-corrected chi connectivity index (χ3v) is 4.14. The summed E-state index contributed by atoms with van der Waals surface area (Å²) in [6, 6.07) is 4.17. The van der Waals surface area contributed by atoms with Crippen LogP contribution in [0, 0.1) is 5.92 Å². The molecule has 1 aromatic carbocycles. The van der Waals surface area contributed by atoms with Crippen LogP contribution in [0.1, 0.15) is 23.6 Å². The van der Waals surface area contributed by atoms with E-state index in [1.165, 1.54) is 0 Å². The van der Waals surface area contributed by atoms with Crippen molar-refractivity contribution in [3.63, 3.8) is 0 Å². The van der Waals surface area contributed by atoms with Gasteiger partial charge in [-0.25, -0.2) is 0 Å². The van der Waals surface area contributed by atoms with Crippen molar-refractivity contribution in [3.05, 3.63) is 33.8 Å². The van der Waals surface area contributed by atoms with Gasteiger partial charge in [-0.2, -0.15) is 13.2 Å². The van der Waals surface area contributed by atoms with Crippen LogP contribution >= 0.6 is 15.9 Å². The third kappa shape index (κ3) is 3.12. The molecule has 6 heteroatoms. The Labute approximate surface area is 118 Å². The number of nitrogens with zero attached hydrogens (tertiary/aromatic N) is 1. The number of hydrogen-bond donors (Lipinski definition) is 1. The molecule has 2 rings (SSSR count). The first-order valence-electron chi connectivity index (χ1n) is 6.10. The van der Waals surface area contributed by atoms with Crippen molar-refractivity contribution < 1.29 is 13.2 Å². The molecule has 0 aromatic heterocycles. The van der Waals surface area contributed by atoms with Gasteiger partial charge in [0.05, 0.1) is 5.56 Å². The lowest BCUT2D eigenvalue weighted by molar-refractivity contribution is -0.138. The molecule has 0 spiro atoms. The first-order chi connectivity index (χ1) is 8.82. The van der Waals surface area contributed by atoms with Crippen LogP contribution in [0.3, 0.4) is 0 Å². The van der Waals surface area contributed by atoms with Crippen LogP contribution in [0.5, 0.6) is 0 Å². The summed E-state index contributed by atoms with van der Waals surface area (Å²) in [6.07, 6.45) is -3.65. The van der Waals surface area contributed by atoms with Crippen LogP contribution in [-0.4, -0.2) is 25.0 Å². The van der Waals surface area contributed by atoms with Crippen LogP contribution in [0.2, 0.25) is 0 Å². The molecule has 2 atom stereocenters. The first-order valence-corrected chi connectivity index (χ1v) is 6.89. The summed E-state index contributed by atoms with van der Waals surface area (Å²) in [7, 11) is 1.85. The molecular weight excluding hydrogens is 321 g/mol. The summed E-state index contributed by atoms with van der Waals surface area (Å²) in [6.45, 7) is 1.26. The second kappa shape index (κ2) is 5.42. The molecule has 2 unspecified atom stereocenters. The number of alkyl halides is 3. The molecule has 1 heterocycles. The van der Waals surface area contributed by atoms with Crippen LogP contribution < -0.4 is 5.73 Å². The van der Waals surface area contributed by atoms with E-state index in [-0.39, 0.29) is 12.0 Å². The van der Waals surface area contributed by atoms with Crippen LogP contribution in [0.15, 0.2) is 22.7 Å². The molecule has 19 heavy (non-hydrogen) atoms. The van der Waals surface area contributed by atoms with Crippen molar-refractivity contribution in [1.29, 1.82) is 0 Å². The van der Waals surface area contributed by atoms with Gasteiger partial charge in [-0.15, -0.1) is 0 Å². The van der Waals surface area contributed by atoms with E-state index in [1.54, 1.807) is 12.1 Å². The van der Waals surface area contributed by atoms with Gasteiger partial charge in [0.15, 0.2) is 0 Å². The molecule has 0 aliphatic carbocycles. The van der Waals surface area contributed by atoms with Gasteiger partial charge >= 0.3 is 6.18 Å². The topological polar surface area (TPSA) is 29.3 Å². The maximum atomic E-state index is 13.1. The predicted molar refractivity (Wildman–Crippen MR) is 71.7 cm³/mol. The van der Waals surface area contributed by atoms with Gasteiger partial charge in [0, 0.05) is 17.1 Å². The van der Waals surface area contributed by atoms with Crippen LogP contribution in [0.4, 0.5) is 13.2 Å². The average Bonchev–Trinajstić information content (AvgIpc) is 2.69. The summed E-state index contributed by atoms with van der Waals surface area (Å²) < 4.78 is 39.8. The molecule has 1 aromatic rings. The van der Waals surface area contributed by atoms with Gasteiger partial charge < -0.3 is 5.73 Å². The Morgan fingerprint density at radius 3 is 2.63 bits per heavy atom. The molecule has 0 bridgehead atoms. The summed E-state index contributed by atoms with van der Waals surface area (Å²) in [5.74, 6) is 0.264. The summed E-state index contributed by atoms with van der Waals surface area (Å²) in [5, 5.41) is 0. The van der Waals surface area contributed by atoms with E-state index in [1.807, 2.05) is 11.9 Å². The lowest BCUT2D eigenvalue weighted by Crippen LogP contribution is -2.22. The molecular formula is C13H16BrF3N2. The number of hydrogen-bond acceptors (Lipinski definition) is 2. The summed E-state index contributed by atoms with van der Waals surface area (Å²) in [4.78, 5) is 1.95. The number of likely N-dealkylation sites (tertiary alicyclic amines) is 1. The molecule has 2 nitrogen and oxygen atoms in total. The van der Waals surface area contributed by atoms with Crippen LogP contribution in [0.25, 0.3) is 0 Å². The number of nitrogens with two attached hydrogens (primary N) is 1. The predicted octanol–water partition coefficient (Wildman–Crippen LogP) is 3.42. The van der Waals surface area contributed by atoms with Gasteiger partial charge in [0.1, 0.15) is 0 Å². The van der Waals surface area contributed by atoms with E-state index in [4.69, 9.17) is 5.73 Å². The maximum Gasteiger partial charge on any atom is 0.416 e.